The lowest BCUT2D eigenvalue weighted by Gasteiger charge is -2.21. The maximum absolute atomic E-state index is 13.1. The van der Waals surface area contributed by atoms with E-state index in [4.69, 9.17) is 9.47 Å². The van der Waals surface area contributed by atoms with Crippen LogP contribution in [0.2, 0.25) is 0 Å². The third-order valence-corrected chi connectivity index (χ3v) is 5.55. The van der Waals surface area contributed by atoms with Gasteiger partial charge >= 0.3 is 0 Å². The summed E-state index contributed by atoms with van der Waals surface area (Å²) in [6.07, 6.45) is 0. The van der Waals surface area contributed by atoms with Crippen LogP contribution in [0.5, 0.6) is 11.5 Å². The van der Waals surface area contributed by atoms with Gasteiger partial charge in [0.25, 0.3) is 10.0 Å². The second-order valence-corrected chi connectivity index (χ2v) is 8.83. The highest BCUT2D eigenvalue weighted by Crippen LogP contribution is 2.33. The molecule has 2 rings (SSSR count). The largest absolute Gasteiger partial charge is 0.494 e. The summed E-state index contributed by atoms with van der Waals surface area (Å²) < 4.78 is 41.7. The SMILES string of the molecule is CCOc1ccc(OCC)c(NS(=O)(=O)c2c(C)nn(C(C)(C)C)c2C)c1. The molecule has 0 saturated heterocycles. The highest BCUT2D eigenvalue weighted by molar-refractivity contribution is 7.92. The average molecular weight is 396 g/mol. The summed E-state index contributed by atoms with van der Waals surface area (Å²) in [5, 5.41) is 4.44. The summed E-state index contributed by atoms with van der Waals surface area (Å²) in [5.41, 5.74) is 1.05. The zero-order chi connectivity index (χ0) is 20.4. The molecule has 8 heteroatoms. The average Bonchev–Trinajstić information content (AvgIpc) is 2.85. The lowest BCUT2D eigenvalue weighted by atomic mass is 10.1. The van der Waals surface area contributed by atoms with Gasteiger partial charge in [-0.25, -0.2) is 8.42 Å². The second-order valence-electron chi connectivity index (χ2n) is 7.21. The summed E-state index contributed by atoms with van der Waals surface area (Å²) in [4.78, 5) is 0.182. The second kappa shape index (κ2) is 7.80. The summed E-state index contributed by atoms with van der Waals surface area (Å²) in [6, 6.07) is 5.08. The number of aromatic nitrogens is 2. The van der Waals surface area contributed by atoms with Gasteiger partial charge in [-0.1, -0.05) is 0 Å². The van der Waals surface area contributed by atoms with Crippen molar-refractivity contribution in [1.29, 1.82) is 0 Å². The monoisotopic (exact) mass is 395 g/mol. The van der Waals surface area contributed by atoms with Crippen molar-refractivity contribution < 1.29 is 17.9 Å². The van der Waals surface area contributed by atoms with Crippen LogP contribution in [-0.4, -0.2) is 31.4 Å². The Bertz CT molecular complexity index is 912. The Morgan fingerprint density at radius 2 is 1.74 bits per heavy atom. The van der Waals surface area contributed by atoms with Crippen molar-refractivity contribution in [1.82, 2.24) is 9.78 Å². The topological polar surface area (TPSA) is 82.4 Å². The molecule has 7 nitrogen and oxygen atoms in total. The van der Waals surface area contributed by atoms with E-state index in [2.05, 4.69) is 9.82 Å². The van der Waals surface area contributed by atoms with Gasteiger partial charge in [-0.3, -0.25) is 9.40 Å². The van der Waals surface area contributed by atoms with Gasteiger partial charge in [-0.05, 0) is 60.6 Å². The van der Waals surface area contributed by atoms with Crippen molar-refractivity contribution in [2.24, 2.45) is 0 Å². The first-order valence-electron chi connectivity index (χ1n) is 9.00. The summed E-state index contributed by atoms with van der Waals surface area (Å²) >= 11 is 0. The first-order valence-corrected chi connectivity index (χ1v) is 10.5. The molecule has 27 heavy (non-hydrogen) atoms. The van der Waals surface area contributed by atoms with Crippen LogP contribution in [0.15, 0.2) is 23.1 Å². The number of nitrogens with one attached hydrogen (secondary N) is 1. The van der Waals surface area contributed by atoms with E-state index in [9.17, 15) is 8.42 Å². The van der Waals surface area contributed by atoms with Crippen molar-refractivity contribution in [3.05, 3.63) is 29.6 Å². The van der Waals surface area contributed by atoms with Gasteiger partial charge in [0.05, 0.1) is 35.8 Å². The minimum Gasteiger partial charge on any atom is -0.494 e. The van der Waals surface area contributed by atoms with Crippen LogP contribution in [0.3, 0.4) is 0 Å². The molecule has 1 aromatic carbocycles. The number of sulfonamides is 1. The van der Waals surface area contributed by atoms with Crippen LogP contribution in [0.25, 0.3) is 0 Å². The molecule has 2 aromatic rings. The molecule has 150 valence electrons. The first kappa shape index (κ1) is 21.1. The van der Waals surface area contributed by atoms with E-state index >= 15 is 0 Å². The highest BCUT2D eigenvalue weighted by atomic mass is 32.2. The molecule has 1 aromatic heterocycles. The fourth-order valence-electron chi connectivity index (χ4n) is 2.99. The van der Waals surface area contributed by atoms with Gasteiger partial charge in [0.1, 0.15) is 16.4 Å². The number of hydrogen-bond donors (Lipinski definition) is 1. The van der Waals surface area contributed by atoms with Gasteiger partial charge in [-0.15, -0.1) is 0 Å². The lowest BCUT2D eigenvalue weighted by molar-refractivity contribution is 0.332. The molecule has 0 amide bonds. The van der Waals surface area contributed by atoms with Crippen molar-refractivity contribution in [3.63, 3.8) is 0 Å². The molecule has 0 aliphatic rings. The number of benzene rings is 1. The molecule has 0 fully saturated rings. The number of ether oxygens (including phenoxy) is 2. The standard InChI is InChI=1S/C19H29N3O4S/c1-8-25-15-10-11-17(26-9-2)16(12-15)21-27(23,24)18-13(3)20-22(14(18)4)19(5,6)7/h10-12,21H,8-9H2,1-7H3. The predicted molar refractivity (Wildman–Crippen MR) is 106 cm³/mol. The van der Waals surface area contributed by atoms with Crippen molar-refractivity contribution >= 4 is 15.7 Å². The number of rotatable bonds is 7. The van der Waals surface area contributed by atoms with Crippen LogP contribution in [0.4, 0.5) is 5.69 Å². The van der Waals surface area contributed by atoms with E-state index in [1.54, 1.807) is 36.7 Å². The minimum atomic E-state index is -3.86. The van der Waals surface area contributed by atoms with Crippen LogP contribution in [0.1, 0.15) is 46.0 Å². The van der Waals surface area contributed by atoms with E-state index in [0.717, 1.165) is 0 Å². The maximum atomic E-state index is 13.1. The molecule has 0 bridgehead atoms. The van der Waals surface area contributed by atoms with Gasteiger partial charge in [0, 0.05) is 6.07 Å². The van der Waals surface area contributed by atoms with E-state index < -0.39 is 10.0 Å². The van der Waals surface area contributed by atoms with E-state index in [1.165, 1.54) is 0 Å². The van der Waals surface area contributed by atoms with Gasteiger partial charge in [-0.2, -0.15) is 5.10 Å². The van der Waals surface area contributed by atoms with Crippen LogP contribution in [0, 0.1) is 13.8 Å². The summed E-state index contributed by atoms with van der Waals surface area (Å²) in [7, 11) is -3.86. The third kappa shape index (κ3) is 4.55. The number of hydrogen-bond acceptors (Lipinski definition) is 5. The minimum absolute atomic E-state index is 0.182. The first-order chi connectivity index (χ1) is 12.5. The molecule has 0 aliphatic carbocycles. The smallest absolute Gasteiger partial charge is 0.265 e. The fraction of sp³-hybridized carbons (Fsp3) is 0.526. The molecule has 0 saturated carbocycles. The Kier molecular flexibility index (Phi) is 6.09. The quantitative estimate of drug-likeness (QED) is 0.770. The Morgan fingerprint density at radius 3 is 2.26 bits per heavy atom. The van der Waals surface area contributed by atoms with Crippen LogP contribution < -0.4 is 14.2 Å². The van der Waals surface area contributed by atoms with Crippen LogP contribution >= 0.6 is 0 Å². The Balaban J connectivity index is 2.51. The maximum Gasteiger partial charge on any atom is 0.265 e. The molecule has 1 N–H and O–H groups in total. The van der Waals surface area contributed by atoms with E-state index in [1.807, 2.05) is 34.6 Å². The number of nitrogens with zero attached hydrogens (tertiary/aromatic N) is 2. The molecule has 1 heterocycles. The summed E-state index contributed by atoms with van der Waals surface area (Å²) in [5.74, 6) is 1.01. The molecular weight excluding hydrogens is 366 g/mol. The van der Waals surface area contributed by atoms with Crippen molar-refractivity contribution in [3.8, 4) is 11.5 Å². The van der Waals surface area contributed by atoms with Gasteiger partial charge in [0.2, 0.25) is 0 Å². The van der Waals surface area contributed by atoms with E-state index in [-0.39, 0.29) is 10.4 Å². The van der Waals surface area contributed by atoms with Crippen LogP contribution in [-0.2, 0) is 15.6 Å². The predicted octanol–water partition coefficient (Wildman–Crippen LogP) is 3.85. The highest BCUT2D eigenvalue weighted by Gasteiger charge is 2.29. The Hall–Kier alpha value is -2.22. The number of aryl methyl sites for hydroxylation is 1. The molecule has 0 aliphatic heterocycles. The zero-order valence-electron chi connectivity index (χ0n) is 17.1. The molecule has 0 unspecified atom stereocenters. The zero-order valence-corrected chi connectivity index (χ0v) is 17.9. The normalized spacial score (nSPS) is 12.1. The van der Waals surface area contributed by atoms with Crippen molar-refractivity contribution in [2.75, 3.05) is 17.9 Å². The molecule has 0 spiro atoms. The molecule has 0 atom stereocenters. The fourth-order valence-corrected chi connectivity index (χ4v) is 4.45. The lowest BCUT2D eigenvalue weighted by Crippen LogP contribution is -2.25. The molecule has 0 radical (unpaired) electrons. The van der Waals surface area contributed by atoms with Gasteiger partial charge < -0.3 is 9.47 Å². The Morgan fingerprint density at radius 1 is 1.11 bits per heavy atom. The summed E-state index contributed by atoms with van der Waals surface area (Å²) in [6.45, 7) is 14.0. The third-order valence-electron chi connectivity index (χ3n) is 3.94. The molecular formula is C19H29N3O4S. The van der Waals surface area contributed by atoms with E-state index in [0.29, 0.717) is 41.8 Å². The number of anilines is 1. The van der Waals surface area contributed by atoms with Gasteiger partial charge in [0.15, 0.2) is 0 Å². The van der Waals surface area contributed by atoms with Crippen molar-refractivity contribution in [2.45, 2.75) is 58.9 Å². The Labute approximate surface area is 161 Å².